The summed E-state index contributed by atoms with van der Waals surface area (Å²) in [6.07, 6.45) is 2.20. The summed E-state index contributed by atoms with van der Waals surface area (Å²) in [7, 11) is 0. The minimum absolute atomic E-state index is 0.000272. The molecule has 1 heterocycles. The molecule has 0 aromatic heterocycles. The normalized spacial score (nSPS) is 27.2. The van der Waals surface area contributed by atoms with Crippen LogP contribution in [0.2, 0.25) is 0 Å². The molecule has 1 amide bonds. The van der Waals surface area contributed by atoms with Gasteiger partial charge in [0.2, 0.25) is 0 Å². The van der Waals surface area contributed by atoms with E-state index in [-0.39, 0.29) is 30.5 Å². The number of nitrogens with zero attached hydrogens (tertiary/aromatic N) is 4. The quantitative estimate of drug-likeness (QED) is 0.213. The van der Waals surface area contributed by atoms with Crippen LogP contribution in [-0.2, 0) is 20.9 Å². The lowest BCUT2D eigenvalue weighted by Gasteiger charge is -2.32. The van der Waals surface area contributed by atoms with Gasteiger partial charge < -0.3 is 14.4 Å². The number of ether oxygens (including phenoxy) is 2. The Morgan fingerprint density at radius 1 is 1.32 bits per heavy atom. The molecule has 31 heavy (non-hydrogen) atoms. The van der Waals surface area contributed by atoms with Crippen LogP contribution in [0.5, 0.6) is 0 Å². The Morgan fingerprint density at radius 3 is 2.65 bits per heavy atom. The first kappa shape index (κ1) is 22.7. The molecule has 2 unspecified atom stereocenters. The Labute approximate surface area is 182 Å². The maximum atomic E-state index is 13.2. The number of carbonyl (C=O) groups is 2. The van der Waals surface area contributed by atoms with Crippen LogP contribution in [-0.4, -0.2) is 41.2 Å². The number of carbonyl (C=O) groups excluding carboxylic acids is 2. The Bertz CT molecular complexity index is 875. The van der Waals surface area contributed by atoms with Gasteiger partial charge in [0.05, 0.1) is 0 Å². The molecule has 1 aliphatic heterocycles. The van der Waals surface area contributed by atoms with Crippen LogP contribution in [0.3, 0.4) is 0 Å². The second-order valence-electron chi connectivity index (χ2n) is 9.32. The van der Waals surface area contributed by atoms with Gasteiger partial charge in [-0.3, -0.25) is 4.79 Å². The van der Waals surface area contributed by atoms with E-state index in [9.17, 15) is 15.1 Å². The van der Waals surface area contributed by atoms with Crippen LogP contribution in [0.1, 0.15) is 39.2 Å². The molecule has 2 fully saturated rings. The molecule has 3 rings (SSSR count). The van der Waals surface area contributed by atoms with Gasteiger partial charge in [0.1, 0.15) is 17.7 Å². The fourth-order valence-electron chi connectivity index (χ4n) is 4.82. The van der Waals surface area contributed by atoms with Gasteiger partial charge >= 0.3 is 12.1 Å². The fourth-order valence-corrected chi connectivity index (χ4v) is 4.82. The largest absolute Gasteiger partial charge is 0.460 e. The lowest BCUT2D eigenvalue weighted by atomic mass is 9.81. The SMILES string of the molecule is C=CCC1[C@@H]2CN(C(=O)OC(C)(C)C)C[C@@H]2CC1(N=[N+]=[N-])C(=O)OCc1ccccc1. The fraction of sp³-hybridized carbons (Fsp3) is 0.565. The number of rotatable bonds is 6. The van der Waals surface area contributed by atoms with Crippen molar-refractivity contribution < 1.29 is 19.1 Å². The van der Waals surface area contributed by atoms with Gasteiger partial charge in [-0.2, -0.15) is 0 Å². The van der Waals surface area contributed by atoms with E-state index >= 15 is 0 Å². The highest BCUT2D eigenvalue weighted by Crippen LogP contribution is 2.52. The molecule has 1 aromatic rings. The lowest BCUT2D eigenvalue weighted by Crippen LogP contribution is -2.45. The average Bonchev–Trinajstić information content (AvgIpc) is 3.24. The number of hydrogen-bond donors (Lipinski definition) is 0. The zero-order chi connectivity index (χ0) is 22.6. The van der Waals surface area contributed by atoms with Gasteiger partial charge in [0.25, 0.3) is 0 Å². The first-order valence-electron chi connectivity index (χ1n) is 10.6. The molecule has 2 aliphatic rings. The average molecular weight is 427 g/mol. The maximum absolute atomic E-state index is 13.2. The van der Waals surface area contributed by atoms with Crippen LogP contribution in [0.4, 0.5) is 4.79 Å². The van der Waals surface area contributed by atoms with Crippen molar-refractivity contribution in [1.29, 1.82) is 0 Å². The lowest BCUT2D eigenvalue weighted by molar-refractivity contribution is -0.153. The molecule has 1 aliphatic carbocycles. The van der Waals surface area contributed by atoms with Crippen molar-refractivity contribution in [3.63, 3.8) is 0 Å². The van der Waals surface area contributed by atoms with E-state index in [1.165, 1.54) is 0 Å². The number of esters is 1. The smallest absolute Gasteiger partial charge is 0.410 e. The topological polar surface area (TPSA) is 105 Å². The monoisotopic (exact) mass is 426 g/mol. The molecule has 0 spiro atoms. The first-order chi connectivity index (χ1) is 14.7. The van der Waals surface area contributed by atoms with Gasteiger partial charge in [-0.05, 0) is 62.5 Å². The second kappa shape index (κ2) is 9.02. The van der Waals surface area contributed by atoms with E-state index in [4.69, 9.17) is 9.47 Å². The van der Waals surface area contributed by atoms with Crippen LogP contribution in [0.15, 0.2) is 48.1 Å². The number of azide groups is 1. The Kier molecular flexibility index (Phi) is 6.60. The molecular formula is C23H30N4O4. The summed E-state index contributed by atoms with van der Waals surface area (Å²) in [5, 5.41) is 4.00. The molecule has 8 nitrogen and oxygen atoms in total. The molecule has 1 aromatic carbocycles. The van der Waals surface area contributed by atoms with Crippen LogP contribution in [0, 0.1) is 17.8 Å². The predicted molar refractivity (Wildman–Crippen MR) is 116 cm³/mol. The van der Waals surface area contributed by atoms with Gasteiger partial charge in [-0.15, -0.1) is 6.58 Å². The van der Waals surface area contributed by atoms with Gasteiger partial charge in [0.15, 0.2) is 0 Å². The molecule has 8 heteroatoms. The molecule has 4 atom stereocenters. The van der Waals surface area contributed by atoms with Crippen molar-refractivity contribution in [2.75, 3.05) is 13.1 Å². The third-order valence-electron chi connectivity index (χ3n) is 6.06. The number of hydrogen-bond acceptors (Lipinski definition) is 5. The van der Waals surface area contributed by atoms with Crippen LogP contribution in [0.25, 0.3) is 10.4 Å². The first-order valence-corrected chi connectivity index (χ1v) is 10.6. The van der Waals surface area contributed by atoms with E-state index in [2.05, 4.69) is 16.6 Å². The standard InChI is InChI=1S/C23H30N4O4/c1-5-9-19-18-14-27(21(29)31-22(2,3)4)13-17(18)12-23(19,25-26-24)20(28)30-15-16-10-7-6-8-11-16/h5-8,10-11,17-19H,1,9,12-15H2,2-4H3/t17-,18+,19?,23?/m0/s1. The van der Waals surface area contributed by atoms with E-state index in [0.717, 1.165) is 5.56 Å². The summed E-state index contributed by atoms with van der Waals surface area (Å²) < 4.78 is 11.1. The Balaban J connectivity index is 1.79. The number of likely N-dealkylation sites (tertiary alicyclic amines) is 1. The zero-order valence-electron chi connectivity index (χ0n) is 18.4. The summed E-state index contributed by atoms with van der Waals surface area (Å²) in [5.41, 5.74) is 8.27. The zero-order valence-corrected chi connectivity index (χ0v) is 18.4. The summed E-state index contributed by atoms with van der Waals surface area (Å²) in [6, 6.07) is 9.38. The molecule has 1 saturated heterocycles. The van der Waals surface area contributed by atoms with Crippen molar-refractivity contribution in [2.45, 2.75) is 51.4 Å². The highest BCUT2D eigenvalue weighted by Gasteiger charge is 2.60. The van der Waals surface area contributed by atoms with Crippen molar-refractivity contribution in [2.24, 2.45) is 22.9 Å². The van der Waals surface area contributed by atoms with E-state index in [1.807, 2.05) is 51.1 Å². The third-order valence-corrected chi connectivity index (χ3v) is 6.06. The van der Waals surface area contributed by atoms with Crippen LogP contribution < -0.4 is 0 Å². The van der Waals surface area contributed by atoms with E-state index in [0.29, 0.717) is 25.9 Å². The molecule has 166 valence electrons. The third kappa shape index (κ3) is 4.85. The van der Waals surface area contributed by atoms with Crippen molar-refractivity contribution >= 4 is 12.1 Å². The Morgan fingerprint density at radius 2 is 2.03 bits per heavy atom. The predicted octanol–water partition coefficient (Wildman–Crippen LogP) is 4.86. The number of benzene rings is 1. The summed E-state index contributed by atoms with van der Waals surface area (Å²) in [5.74, 6) is -0.784. The number of allylic oxidation sites excluding steroid dienone is 1. The highest BCUT2D eigenvalue weighted by atomic mass is 16.6. The number of amides is 1. The Hall–Kier alpha value is -2.99. The van der Waals surface area contributed by atoms with Gasteiger partial charge in [-0.25, -0.2) is 4.79 Å². The minimum atomic E-state index is -1.30. The van der Waals surface area contributed by atoms with Crippen molar-refractivity contribution in [3.8, 4) is 0 Å². The van der Waals surface area contributed by atoms with E-state index < -0.39 is 17.1 Å². The molecular weight excluding hydrogens is 396 g/mol. The summed E-state index contributed by atoms with van der Waals surface area (Å²) in [6.45, 7) is 10.3. The summed E-state index contributed by atoms with van der Waals surface area (Å²) >= 11 is 0. The molecule has 1 saturated carbocycles. The highest BCUT2D eigenvalue weighted by molar-refractivity contribution is 5.82. The van der Waals surface area contributed by atoms with Crippen molar-refractivity contribution in [1.82, 2.24) is 4.90 Å². The van der Waals surface area contributed by atoms with E-state index in [1.54, 1.807) is 11.0 Å². The van der Waals surface area contributed by atoms with Gasteiger partial charge in [-0.1, -0.05) is 41.5 Å². The molecule has 0 N–H and O–H groups in total. The minimum Gasteiger partial charge on any atom is -0.460 e. The molecule has 0 bridgehead atoms. The maximum Gasteiger partial charge on any atom is 0.410 e. The van der Waals surface area contributed by atoms with Crippen LogP contribution >= 0.6 is 0 Å². The summed E-state index contributed by atoms with van der Waals surface area (Å²) in [4.78, 5) is 30.5. The molecule has 0 radical (unpaired) electrons. The van der Waals surface area contributed by atoms with Gasteiger partial charge in [0, 0.05) is 18.0 Å². The van der Waals surface area contributed by atoms with Crippen molar-refractivity contribution in [3.05, 3.63) is 59.0 Å². The second-order valence-corrected chi connectivity index (χ2v) is 9.32. The number of fused-ring (bicyclic) bond motifs is 1.